The Kier molecular flexibility index (Phi) is 5.51. The van der Waals surface area contributed by atoms with Crippen molar-refractivity contribution in [1.82, 2.24) is 10.2 Å². The highest BCUT2D eigenvalue weighted by molar-refractivity contribution is 6.08. The molecule has 0 bridgehead atoms. The normalized spacial score (nSPS) is 23.8. The van der Waals surface area contributed by atoms with Gasteiger partial charge in [-0.05, 0) is 58.6 Å². The molecule has 0 unspecified atom stereocenters. The highest BCUT2D eigenvalue weighted by atomic mass is 19.2. The summed E-state index contributed by atoms with van der Waals surface area (Å²) in [6.07, 6.45) is -0.398. The average Bonchev–Trinajstić information content (AvgIpc) is 3.11. The average molecular weight is 423 g/mol. The summed E-state index contributed by atoms with van der Waals surface area (Å²) in [5, 5.41) is 15.3. The fourth-order valence-corrected chi connectivity index (χ4v) is 4.04. The SMILES string of the molecule is CC(C)(C)OC(=O)N1C[C@@H]2[C@H](C1)[C@H]2C(=O)NC(C)(C)/C(=N\O)c1cccc(F)c1F. The van der Waals surface area contributed by atoms with Crippen LogP contribution in [0.3, 0.4) is 0 Å². The van der Waals surface area contributed by atoms with Gasteiger partial charge in [0.2, 0.25) is 5.91 Å². The molecule has 3 atom stereocenters. The van der Waals surface area contributed by atoms with Gasteiger partial charge in [0, 0.05) is 24.6 Å². The van der Waals surface area contributed by atoms with E-state index in [1.54, 1.807) is 39.5 Å². The first kappa shape index (κ1) is 22.0. The molecule has 2 amide bonds. The molecule has 1 aliphatic carbocycles. The number of benzene rings is 1. The minimum absolute atomic E-state index is 0.0220. The molecular weight excluding hydrogens is 396 g/mol. The van der Waals surface area contributed by atoms with Crippen LogP contribution in [0.15, 0.2) is 23.4 Å². The minimum atomic E-state index is -1.25. The van der Waals surface area contributed by atoms with E-state index in [4.69, 9.17) is 4.74 Å². The lowest BCUT2D eigenvalue weighted by Gasteiger charge is -2.29. The molecule has 1 heterocycles. The van der Waals surface area contributed by atoms with Crippen LogP contribution in [0.5, 0.6) is 0 Å². The fourth-order valence-electron chi connectivity index (χ4n) is 4.04. The third-order valence-electron chi connectivity index (χ3n) is 5.48. The van der Waals surface area contributed by atoms with Crippen LogP contribution >= 0.6 is 0 Å². The smallest absolute Gasteiger partial charge is 0.410 e. The molecule has 1 saturated carbocycles. The minimum Gasteiger partial charge on any atom is -0.444 e. The maximum atomic E-state index is 14.2. The molecule has 3 rings (SSSR count). The van der Waals surface area contributed by atoms with Gasteiger partial charge in [0.25, 0.3) is 0 Å². The molecule has 1 aromatic rings. The summed E-state index contributed by atoms with van der Waals surface area (Å²) >= 11 is 0. The predicted molar refractivity (Wildman–Crippen MR) is 105 cm³/mol. The molecule has 164 valence electrons. The number of amides is 2. The van der Waals surface area contributed by atoms with Crippen LogP contribution in [0.4, 0.5) is 13.6 Å². The zero-order valence-electron chi connectivity index (χ0n) is 17.7. The van der Waals surface area contributed by atoms with Crippen LogP contribution < -0.4 is 5.32 Å². The predicted octanol–water partition coefficient (Wildman–Crippen LogP) is 3.15. The van der Waals surface area contributed by atoms with Crippen molar-refractivity contribution >= 4 is 17.7 Å². The molecule has 0 aromatic heterocycles. The Labute approximate surface area is 174 Å². The van der Waals surface area contributed by atoms with Crippen molar-refractivity contribution in [3.63, 3.8) is 0 Å². The summed E-state index contributed by atoms with van der Waals surface area (Å²) in [4.78, 5) is 26.6. The zero-order chi connectivity index (χ0) is 22.4. The standard InChI is InChI=1S/C21H27F2N3O4/c1-20(2,3)30-19(28)26-9-12-13(10-26)15(12)18(27)24-21(4,5)17(25-29)11-7-6-8-14(22)16(11)23/h6-8,12-13,15,29H,9-10H2,1-5H3,(H,24,27)/b25-17-/t12-,13+,15+. The van der Waals surface area contributed by atoms with E-state index in [0.29, 0.717) is 13.1 Å². The molecule has 1 saturated heterocycles. The Morgan fingerprint density at radius 2 is 1.77 bits per heavy atom. The van der Waals surface area contributed by atoms with Crippen LogP contribution in [-0.2, 0) is 9.53 Å². The van der Waals surface area contributed by atoms with Gasteiger partial charge in [-0.25, -0.2) is 13.6 Å². The molecule has 9 heteroatoms. The van der Waals surface area contributed by atoms with Crippen LogP contribution in [0.25, 0.3) is 0 Å². The van der Waals surface area contributed by atoms with Crippen molar-refractivity contribution in [2.75, 3.05) is 13.1 Å². The van der Waals surface area contributed by atoms with Crippen LogP contribution in [-0.4, -0.2) is 52.0 Å². The number of oxime groups is 1. The molecule has 0 radical (unpaired) electrons. The largest absolute Gasteiger partial charge is 0.444 e. The first-order valence-corrected chi connectivity index (χ1v) is 9.82. The number of nitrogens with one attached hydrogen (secondary N) is 1. The van der Waals surface area contributed by atoms with Crippen LogP contribution in [0, 0.1) is 29.4 Å². The lowest BCUT2D eigenvalue weighted by molar-refractivity contribution is -0.124. The van der Waals surface area contributed by atoms with E-state index < -0.39 is 28.9 Å². The van der Waals surface area contributed by atoms with Gasteiger partial charge in [-0.15, -0.1) is 0 Å². The van der Waals surface area contributed by atoms with Crippen LogP contribution in [0.1, 0.15) is 40.2 Å². The monoisotopic (exact) mass is 423 g/mol. The first-order valence-electron chi connectivity index (χ1n) is 9.82. The number of ether oxygens (including phenoxy) is 1. The van der Waals surface area contributed by atoms with Gasteiger partial charge < -0.3 is 20.2 Å². The third kappa shape index (κ3) is 4.24. The van der Waals surface area contributed by atoms with E-state index in [1.807, 2.05) is 0 Å². The van der Waals surface area contributed by atoms with Crippen molar-refractivity contribution in [2.45, 2.75) is 45.8 Å². The van der Waals surface area contributed by atoms with Gasteiger partial charge >= 0.3 is 6.09 Å². The topological polar surface area (TPSA) is 91.2 Å². The van der Waals surface area contributed by atoms with Crippen molar-refractivity contribution < 1.29 is 28.3 Å². The second kappa shape index (κ2) is 7.52. The molecule has 7 nitrogen and oxygen atoms in total. The Balaban J connectivity index is 1.63. The number of carbonyl (C=O) groups is 2. The summed E-state index contributed by atoms with van der Waals surface area (Å²) in [5.74, 6) is -2.75. The van der Waals surface area contributed by atoms with Gasteiger partial charge in [-0.1, -0.05) is 11.2 Å². The number of fused-ring (bicyclic) bond motifs is 1. The molecular formula is C21H27F2N3O4. The van der Waals surface area contributed by atoms with E-state index in [1.165, 1.54) is 12.1 Å². The maximum Gasteiger partial charge on any atom is 0.410 e. The van der Waals surface area contributed by atoms with Gasteiger partial charge in [0.05, 0.1) is 5.54 Å². The lowest BCUT2D eigenvalue weighted by Crippen LogP contribution is -2.51. The Bertz CT molecular complexity index is 883. The number of nitrogens with zero attached hydrogens (tertiary/aromatic N) is 2. The molecule has 2 N–H and O–H groups in total. The molecule has 2 aliphatic rings. The van der Waals surface area contributed by atoms with Gasteiger partial charge in [-0.3, -0.25) is 4.79 Å². The summed E-state index contributed by atoms with van der Waals surface area (Å²) < 4.78 is 33.1. The quantitative estimate of drug-likeness (QED) is 0.442. The summed E-state index contributed by atoms with van der Waals surface area (Å²) in [6, 6.07) is 3.54. The lowest BCUT2D eigenvalue weighted by atomic mass is 9.91. The third-order valence-corrected chi connectivity index (χ3v) is 5.48. The second-order valence-electron chi connectivity index (χ2n) is 9.40. The number of carbonyl (C=O) groups excluding carboxylic acids is 2. The zero-order valence-corrected chi connectivity index (χ0v) is 17.7. The number of likely N-dealkylation sites (tertiary alicyclic amines) is 1. The van der Waals surface area contributed by atoms with Crippen molar-refractivity contribution in [2.24, 2.45) is 22.9 Å². The Morgan fingerprint density at radius 3 is 2.30 bits per heavy atom. The van der Waals surface area contributed by atoms with E-state index in [2.05, 4.69) is 10.5 Å². The van der Waals surface area contributed by atoms with Gasteiger partial charge in [-0.2, -0.15) is 0 Å². The van der Waals surface area contributed by atoms with Gasteiger partial charge in [0.1, 0.15) is 11.3 Å². The van der Waals surface area contributed by atoms with E-state index in [9.17, 15) is 23.6 Å². The van der Waals surface area contributed by atoms with Gasteiger partial charge in [0.15, 0.2) is 11.6 Å². The number of piperidine rings is 1. The fraction of sp³-hybridized carbons (Fsp3) is 0.571. The van der Waals surface area contributed by atoms with Crippen molar-refractivity contribution in [3.8, 4) is 0 Å². The Hall–Kier alpha value is -2.71. The second-order valence-corrected chi connectivity index (χ2v) is 9.40. The van der Waals surface area contributed by atoms with E-state index in [-0.39, 0.29) is 34.9 Å². The number of halogens is 2. The van der Waals surface area contributed by atoms with Crippen molar-refractivity contribution in [1.29, 1.82) is 0 Å². The van der Waals surface area contributed by atoms with Crippen LogP contribution in [0.2, 0.25) is 0 Å². The highest BCUT2D eigenvalue weighted by Crippen LogP contribution is 2.52. The highest BCUT2D eigenvalue weighted by Gasteiger charge is 2.61. The molecule has 1 aliphatic heterocycles. The molecule has 2 fully saturated rings. The maximum absolute atomic E-state index is 14.2. The number of hydrogen-bond donors (Lipinski definition) is 2. The molecule has 0 spiro atoms. The first-order chi connectivity index (χ1) is 13.9. The summed E-state index contributed by atoms with van der Waals surface area (Å²) in [5.41, 5.74) is -2.25. The summed E-state index contributed by atoms with van der Waals surface area (Å²) in [7, 11) is 0. The Morgan fingerprint density at radius 1 is 1.17 bits per heavy atom. The molecule has 30 heavy (non-hydrogen) atoms. The summed E-state index contributed by atoms with van der Waals surface area (Å²) in [6.45, 7) is 9.34. The number of hydrogen-bond acceptors (Lipinski definition) is 5. The molecule has 1 aromatic carbocycles. The van der Waals surface area contributed by atoms with Crippen molar-refractivity contribution in [3.05, 3.63) is 35.4 Å². The van der Waals surface area contributed by atoms with E-state index >= 15 is 0 Å². The number of rotatable bonds is 4. The van der Waals surface area contributed by atoms with E-state index in [0.717, 1.165) is 6.07 Å².